The summed E-state index contributed by atoms with van der Waals surface area (Å²) >= 11 is 0. The predicted molar refractivity (Wildman–Crippen MR) is 100 cm³/mol. The van der Waals surface area contributed by atoms with Crippen LogP contribution in [-0.4, -0.2) is 49.0 Å². The van der Waals surface area contributed by atoms with E-state index < -0.39 is 0 Å². The Hall–Kier alpha value is -1.26. The SMILES string of the molecule is CCNC(=NCC(C)(C)C)NC1CCN(C(=O)C2CCCCC2)C1. The highest BCUT2D eigenvalue weighted by molar-refractivity contribution is 5.81. The van der Waals surface area contributed by atoms with Gasteiger partial charge in [0.1, 0.15) is 0 Å². The molecule has 2 rings (SSSR count). The summed E-state index contributed by atoms with van der Waals surface area (Å²) in [5, 5.41) is 6.85. The van der Waals surface area contributed by atoms with Crippen LogP contribution in [0.15, 0.2) is 4.99 Å². The lowest BCUT2D eigenvalue weighted by atomic mass is 9.88. The molecular weight excluding hydrogens is 300 g/mol. The van der Waals surface area contributed by atoms with Crippen molar-refractivity contribution in [2.75, 3.05) is 26.2 Å². The minimum Gasteiger partial charge on any atom is -0.357 e. The van der Waals surface area contributed by atoms with Crippen LogP contribution in [0.5, 0.6) is 0 Å². The number of nitrogens with one attached hydrogen (secondary N) is 2. The van der Waals surface area contributed by atoms with Gasteiger partial charge in [-0.05, 0) is 31.6 Å². The summed E-state index contributed by atoms with van der Waals surface area (Å²) in [6, 6.07) is 0.315. The molecular formula is C19H36N4O. The summed E-state index contributed by atoms with van der Waals surface area (Å²) in [6.45, 7) is 12.0. The van der Waals surface area contributed by atoms with E-state index in [9.17, 15) is 4.79 Å². The molecule has 1 saturated carbocycles. The second-order valence-electron chi connectivity index (χ2n) is 8.50. The topological polar surface area (TPSA) is 56.7 Å². The quantitative estimate of drug-likeness (QED) is 0.613. The average molecular weight is 337 g/mol. The van der Waals surface area contributed by atoms with Gasteiger partial charge < -0.3 is 15.5 Å². The average Bonchev–Trinajstić information content (AvgIpc) is 3.01. The van der Waals surface area contributed by atoms with Gasteiger partial charge in [0, 0.05) is 38.1 Å². The third-order valence-electron chi connectivity index (χ3n) is 4.85. The summed E-state index contributed by atoms with van der Waals surface area (Å²) in [5.41, 5.74) is 0.182. The molecule has 2 N–H and O–H groups in total. The first-order valence-electron chi connectivity index (χ1n) is 9.72. The van der Waals surface area contributed by atoms with Crippen LogP contribution < -0.4 is 10.6 Å². The van der Waals surface area contributed by atoms with Crippen molar-refractivity contribution in [3.8, 4) is 0 Å². The number of guanidine groups is 1. The van der Waals surface area contributed by atoms with E-state index in [2.05, 4.69) is 43.2 Å². The highest BCUT2D eigenvalue weighted by Crippen LogP contribution is 2.26. The Morgan fingerprint density at radius 3 is 2.50 bits per heavy atom. The zero-order valence-electron chi connectivity index (χ0n) is 16.0. The molecule has 0 bridgehead atoms. The van der Waals surface area contributed by atoms with Crippen molar-refractivity contribution in [3.63, 3.8) is 0 Å². The fourth-order valence-electron chi connectivity index (χ4n) is 3.52. The number of likely N-dealkylation sites (tertiary alicyclic amines) is 1. The molecule has 138 valence electrons. The second kappa shape index (κ2) is 8.72. The van der Waals surface area contributed by atoms with Gasteiger partial charge in [0.2, 0.25) is 5.91 Å². The third-order valence-corrected chi connectivity index (χ3v) is 4.85. The molecule has 1 unspecified atom stereocenters. The fraction of sp³-hybridized carbons (Fsp3) is 0.895. The minimum atomic E-state index is 0.182. The first kappa shape index (κ1) is 19.1. The van der Waals surface area contributed by atoms with Crippen LogP contribution in [0.2, 0.25) is 0 Å². The Kier molecular flexibility index (Phi) is 6.93. The normalized spacial score (nSPS) is 23.4. The minimum absolute atomic E-state index is 0.182. The molecule has 0 spiro atoms. The van der Waals surface area contributed by atoms with Crippen molar-refractivity contribution in [3.05, 3.63) is 0 Å². The second-order valence-corrected chi connectivity index (χ2v) is 8.50. The van der Waals surface area contributed by atoms with Crippen molar-refractivity contribution >= 4 is 11.9 Å². The number of nitrogens with zero attached hydrogens (tertiary/aromatic N) is 2. The number of hydrogen-bond acceptors (Lipinski definition) is 2. The molecule has 2 fully saturated rings. The standard InChI is InChI=1S/C19H36N4O/c1-5-20-18(21-14-19(2,3)4)22-16-11-12-23(13-16)17(24)15-9-7-6-8-10-15/h15-16H,5-14H2,1-4H3,(H2,20,21,22). The maximum absolute atomic E-state index is 12.7. The lowest BCUT2D eigenvalue weighted by Crippen LogP contribution is -2.46. The van der Waals surface area contributed by atoms with Gasteiger partial charge in [-0.25, -0.2) is 0 Å². The molecule has 1 heterocycles. The van der Waals surface area contributed by atoms with Crippen molar-refractivity contribution in [2.45, 2.75) is 72.3 Å². The van der Waals surface area contributed by atoms with E-state index in [1.54, 1.807) is 0 Å². The van der Waals surface area contributed by atoms with Crippen LogP contribution in [0.3, 0.4) is 0 Å². The first-order valence-corrected chi connectivity index (χ1v) is 9.72. The molecule has 5 nitrogen and oxygen atoms in total. The summed E-state index contributed by atoms with van der Waals surface area (Å²) in [6.07, 6.45) is 6.92. The van der Waals surface area contributed by atoms with E-state index in [0.717, 1.165) is 51.4 Å². The molecule has 24 heavy (non-hydrogen) atoms. The molecule has 1 aliphatic heterocycles. The Morgan fingerprint density at radius 2 is 1.88 bits per heavy atom. The summed E-state index contributed by atoms with van der Waals surface area (Å²) in [7, 11) is 0. The number of carbonyl (C=O) groups excluding carboxylic acids is 1. The van der Waals surface area contributed by atoms with Crippen molar-refractivity contribution in [1.82, 2.24) is 15.5 Å². The Bertz CT molecular complexity index is 435. The van der Waals surface area contributed by atoms with E-state index in [0.29, 0.717) is 11.9 Å². The molecule has 1 saturated heterocycles. The van der Waals surface area contributed by atoms with Gasteiger partial charge >= 0.3 is 0 Å². The molecule has 0 aromatic rings. The van der Waals surface area contributed by atoms with Gasteiger partial charge in [-0.1, -0.05) is 40.0 Å². The molecule has 1 atom stereocenters. The number of aliphatic imine (C=N–C) groups is 1. The van der Waals surface area contributed by atoms with Crippen molar-refractivity contribution in [1.29, 1.82) is 0 Å². The van der Waals surface area contributed by atoms with Crippen LogP contribution in [0, 0.1) is 11.3 Å². The van der Waals surface area contributed by atoms with Crippen LogP contribution in [0.1, 0.15) is 66.2 Å². The van der Waals surface area contributed by atoms with Crippen molar-refractivity contribution in [2.24, 2.45) is 16.3 Å². The molecule has 0 radical (unpaired) electrons. The number of rotatable bonds is 4. The Morgan fingerprint density at radius 1 is 1.17 bits per heavy atom. The molecule has 0 aromatic heterocycles. The Labute approximate surface area is 147 Å². The van der Waals surface area contributed by atoms with Crippen LogP contribution in [0.25, 0.3) is 0 Å². The van der Waals surface area contributed by atoms with Gasteiger partial charge in [0.25, 0.3) is 0 Å². The highest BCUT2D eigenvalue weighted by Gasteiger charge is 2.31. The zero-order valence-corrected chi connectivity index (χ0v) is 16.0. The third kappa shape index (κ3) is 5.99. The van der Waals surface area contributed by atoms with Crippen LogP contribution in [-0.2, 0) is 4.79 Å². The van der Waals surface area contributed by atoms with Crippen LogP contribution in [0.4, 0.5) is 0 Å². The lowest BCUT2D eigenvalue weighted by Gasteiger charge is -2.26. The number of amides is 1. The smallest absolute Gasteiger partial charge is 0.225 e. The Balaban J connectivity index is 1.85. The number of carbonyl (C=O) groups is 1. The maximum atomic E-state index is 12.7. The maximum Gasteiger partial charge on any atom is 0.225 e. The van der Waals surface area contributed by atoms with E-state index in [-0.39, 0.29) is 11.3 Å². The molecule has 1 amide bonds. The molecule has 1 aliphatic carbocycles. The summed E-state index contributed by atoms with van der Waals surface area (Å²) < 4.78 is 0. The zero-order chi connectivity index (χ0) is 17.6. The van der Waals surface area contributed by atoms with Crippen molar-refractivity contribution < 1.29 is 4.79 Å². The van der Waals surface area contributed by atoms with Gasteiger partial charge in [0.15, 0.2) is 5.96 Å². The molecule has 2 aliphatic rings. The van der Waals surface area contributed by atoms with Gasteiger partial charge in [-0.2, -0.15) is 0 Å². The van der Waals surface area contributed by atoms with Crippen LogP contribution >= 0.6 is 0 Å². The predicted octanol–water partition coefficient (Wildman–Crippen LogP) is 2.77. The first-order chi connectivity index (χ1) is 11.4. The van der Waals surface area contributed by atoms with E-state index in [1.807, 2.05) is 0 Å². The van der Waals surface area contributed by atoms with Gasteiger partial charge in [-0.3, -0.25) is 9.79 Å². The van der Waals surface area contributed by atoms with E-state index in [4.69, 9.17) is 4.99 Å². The highest BCUT2D eigenvalue weighted by atomic mass is 16.2. The van der Waals surface area contributed by atoms with E-state index >= 15 is 0 Å². The molecule has 5 heteroatoms. The summed E-state index contributed by atoms with van der Waals surface area (Å²) in [5.74, 6) is 1.54. The van der Waals surface area contributed by atoms with E-state index in [1.165, 1.54) is 19.3 Å². The van der Waals surface area contributed by atoms with Gasteiger partial charge in [-0.15, -0.1) is 0 Å². The summed E-state index contributed by atoms with van der Waals surface area (Å²) in [4.78, 5) is 19.4. The fourth-order valence-corrected chi connectivity index (χ4v) is 3.52. The van der Waals surface area contributed by atoms with Gasteiger partial charge in [0.05, 0.1) is 0 Å². The molecule has 0 aromatic carbocycles. The number of hydrogen-bond donors (Lipinski definition) is 2. The largest absolute Gasteiger partial charge is 0.357 e. The monoisotopic (exact) mass is 336 g/mol. The lowest BCUT2D eigenvalue weighted by molar-refractivity contribution is -0.135.